The molecule has 0 bridgehead atoms. The Morgan fingerprint density at radius 3 is 1.92 bits per heavy atom. The van der Waals surface area contributed by atoms with Gasteiger partial charge in [0, 0.05) is 26.2 Å². The lowest BCUT2D eigenvalue weighted by Gasteiger charge is -2.35. The van der Waals surface area contributed by atoms with Crippen LogP contribution in [0.4, 0.5) is 0 Å². The molecule has 130 valence electrons. The van der Waals surface area contributed by atoms with Crippen LogP contribution in [0.25, 0.3) is 0 Å². The first kappa shape index (κ1) is 15.4. The van der Waals surface area contributed by atoms with E-state index in [4.69, 9.17) is 33.2 Å². The summed E-state index contributed by atoms with van der Waals surface area (Å²) >= 11 is 12.8. The molecule has 0 atom stereocenters. The zero-order chi connectivity index (χ0) is 17.0. The van der Waals surface area contributed by atoms with Gasteiger partial charge in [-0.25, -0.2) is 4.90 Å². The number of hydrogen-bond donors (Lipinski definition) is 0. The van der Waals surface area contributed by atoms with Gasteiger partial charge in [0.25, 0.3) is 0 Å². The van der Waals surface area contributed by atoms with Gasteiger partial charge in [0.1, 0.15) is 0 Å². The summed E-state index contributed by atoms with van der Waals surface area (Å²) in [5.74, 6) is 3.09. The number of guanidine groups is 3. The molecule has 5 rings (SSSR count). The van der Waals surface area contributed by atoms with Crippen LogP contribution >= 0.6 is 23.2 Å². The molecule has 7 nitrogen and oxygen atoms in total. The predicted octanol–water partition coefficient (Wildman–Crippen LogP) is 2.52. The first-order valence-corrected chi connectivity index (χ1v) is 9.38. The van der Waals surface area contributed by atoms with E-state index in [9.17, 15) is 0 Å². The van der Waals surface area contributed by atoms with Crippen LogP contribution in [0.15, 0.2) is 41.9 Å². The van der Waals surface area contributed by atoms with Crippen molar-refractivity contribution in [2.24, 2.45) is 20.0 Å². The van der Waals surface area contributed by atoms with E-state index in [-0.39, 0.29) is 0 Å². The second-order valence-electron chi connectivity index (χ2n) is 6.56. The van der Waals surface area contributed by atoms with Crippen LogP contribution < -0.4 is 0 Å². The summed E-state index contributed by atoms with van der Waals surface area (Å²) in [7, 11) is 0. The quantitative estimate of drug-likeness (QED) is 0.651. The normalized spacial score (nSPS) is 25.5. The predicted molar refractivity (Wildman–Crippen MR) is 100 cm³/mol. The minimum Gasteiger partial charge on any atom is -0.341 e. The van der Waals surface area contributed by atoms with Crippen LogP contribution in [-0.2, 0) is 0 Å². The molecule has 0 aromatic rings. The van der Waals surface area contributed by atoms with E-state index in [0.717, 1.165) is 51.9 Å². The van der Waals surface area contributed by atoms with Crippen LogP contribution in [0.5, 0.6) is 0 Å². The van der Waals surface area contributed by atoms with E-state index in [0.29, 0.717) is 39.6 Å². The van der Waals surface area contributed by atoms with Gasteiger partial charge < -0.3 is 9.80 Å². The highest BCUT2D eigenvalue weighted by Crippen LogP contribution is 2.34. The average Bonchev–Trinajstić information content (AvgIpc) is 3.31. The van der Waals surface area contributed by atoms with Crippen molar-refractivity contribution in [2.75, 3.05) is 26.2 Å². The lowest BCUT2D eigenvalue weighted by molar-refractivity contribution is 0.499. The first-order chi connectivity index (χ1) is 12.2. The summed E-state index contributed by atoms with van der Waals surface area (Å²) in [6, 6.07) is 0. The molecule has 9 heteroatoms. The van der Waals surface area contributed by atoms with Crippen molar-refractivity contribution in [2.45, 2.75) is 25.7 Å². The summed E-state index contributed by atoms with van der Waals surface area (Å²) in [5.41, 5.74) is 0. The van der Waals surface area contributed by atoms with Crippen LogP contribution in [0.2, 0.25) is 0 Å². The van der Waals surface area contributed by atoms with Crippen molar-refractivity contribution in [3.8, 4) is 0 Å². The van der Waals surface area contributed by atoms with Gasteiger partial charge in [-0.15, -0.1) is 0 Å². The fourth-order valence-corrected chi connectivity index (χ4v) is 4.14. The van der Waals surface area contributed by atoms with E-state index in [1.54, 1.807) is 11.0 Å². The molecule has 5 heterocycles. The maximum absolute atomic E-state index is 6.41. The average molecular weight is 378 g/mol. The molecule has 0 unspecified atom stereocenters. The van der Waals surface area contributed by atoms with Crippen molar-refractivity contribution in [3.63, 3.8) is 0 Å². The zero-order valence-corrected chi connectivity index (χ0v) is 15.1. The SMILES string of the molecule is ClC1=CC(Cl)=C2N=C(N3CCCC3)N=C3N=C(N4CCCC4)N=C1N32. The molecule has 0 N–H and O–H groups in total. The molecule has 0 aliphatic carbocycles. The van der Waals surface area contributed by atoms with Crippen LogP contribution in [0.3, 0.4) is 0 Å². The number of amidine groups is 1. The number of nitrogens with zero attached hydrogens (tertiary/aromatic N) is 7. The third-order valence-corrected chi connectivity index (χ3v) is 5.45. The standard InChI is InChI=1S/C16H17Cl2N7/c17-10-9-11(18)13-20-15(24-7-3-4-8-24)22-16-21-14(19-12(10)25(13)16)23-5-1-2-6-23/h9H,1-8H2. The van der Waals surface area contributed by atoms with Crippen molar-refractivity contribution in [1.29, 1.82) is 0 Å². The Morgan fingerprint density at radius 2 is 1.28 bits per heavy atom. The number of rotatable bonds is 0. The van der Waals surface area contributed by atoms with Gasteiger partial charge in [-0.05, 0) is 31.8 Å². The van der Waals surface area contributed by atoms with Crippen LogP contribution in [0.1, 0.15) is 25.7 Å². The Morgan fingerprint density at radius 1 is 0.720 bits per heavy atom. The molecule has 2 saturated heterocycles. The molecular weight excluding hydrogens is 361 g/mol. The Kier molecular flexibility index (Phi) is 3.60. The van der Waals surface area contributed by atoms with Crippen molar-refractivity contribution in [1.82, 2.24) is 14.7 Å². The van der Waals surface area contributed by atoms with Crippen LogP contribution in [-0.4, -0.2) is 64.6 Å². The smallest absolute Gasteiger partial charge is 0.243 e. The minimum atomic E-state index is 0.480. The molecular formula is C16H17Cl2N7. The molecule has 0 amide bonds. The van der Waals surface area contributed by atoms with Gasteiger partial charge in [0.15, 0.2) is 11.7 Å². The third-order valence-electron chi connectivity index (χ3n) is 4.89. The second-order valence-corrected chi connectivity index (χ2v) is 7.37. The van der Waals surface area contributed by atoms with Crippen molar-refractivity contribution in [3.05, 3.63) is 22.0 Å². The molecule has 2 fully saturated rings. The van der Waals surface area contributed by atoms with E-state index in [2.05, 4.69) is 19.8 Å². The second kappa shape index (κ2) is 5.85. The molecule has 25 heavy (non-hydrogen) atoms. The summed E-state index contributed by atoms with van der Waals surface area (Å²) < 4.78 is 0. The van der Waals surface area contributed by atoms with Gasteiger partial charge in [0.05, 0.1) is 10.1 Å². The molecule has 0 saturated carbocycles. The highest BCUT2D eigenvalue weighted by atomic mass is 35.5. The number of allylic oxidation sites excluding steroid dienone is 2. The largest absolute Gasteiger partial charge is 0.341 e. The molecule has 0 aromatic heterocycles. The first-order valence-electron chi connectivity index (χ1n) is 8.63. The highest BCUT2D eigenvalue weighted by Gasteiger charge is 2.38. The van der Waals surface area contributed by atoms with Crippen molar-refractivity contribution >= 4 is 46.9 Å². The molecule has 5 aliphatic rings. The molecule has 0 spiro atoms. The fraction of sp³-hybridized carbons (Fsp3) is 0.500. The van der Waals surface area contributed by atoms with E-state index < -0.39 is 0 Å². The van der Waals surface area contributed by atoms with E-state index in [1.165, 1.54) is 0 Å². The Labute approximate surface area is 155 Å². The molecule has 0 aromatic carbocycles. The number of halogens is 2. The summed E-state index contributed by atoms with van der Waals surface area (Å²) in [6.07, 6.45) is 6.32. The maximum Gasteiger partial charge on any atom is 0.243 e. The minimum absolute atomic E-state index is 0.480. The van der Waals surface area contributed by atoms with Gasteiger partial charge in [-0.2, -0.15) is 20.0 Å². The van der Waals surface area contributed by atoms with Gasteiger partial charge in [0.2, 0.25) is 17.9 Å². The zero-order valence-electron chi connectivity index (χ0n) is 13.6. The van der Waals surface area contributed by atoms with Gasteiger partial charge in [-0.1, -0.05) is 23.2 Å². The van der Waals surface area contributed by atoms with Crippen molar-refractivity contribution < 1.29 is 0 Å². The lowest BCUT2D eigenvalue weighted by Crippen LogP contribution is -2.47. The summed E-state index contributed by atoms with van der Waals surface area (Å²) in [5, 5.41) is 0.959. The fourth-order valence-electron chi connectivity index (χ4n) is 3.61. The van der Waals surface area contributed by atoms with E-state index >= 15 is 0 Å². The van der Waals surface area contributed by atoms with E-state index in [1.807, 2.05) is 0 Å². The monoisotopic (exact) mass is 377 g/mol. The maximum atomic E-state index is 6.41. The Hall–Kier alpha value is -1.86. The topological polar surface area (TPSA) is 59.2 Å². The van der Waals surface area contributed by atoms with Gasteiger partial charge >= 0.3 is 0 Å². The molecule has 0 radical (unpaired) electrons. The summed E-state index contributed by atoms with van der Waals surface area (Å²) in [4.78, 5) is 24.9. The molecule has 5 aliphatic heterocycles. The number of hydrogen-bond acceptors (Lipinski definition) is 7. The summed E-state index contributed by atoms with van der Waals surface area (Å²) in [6.45, 7) is 3.84. The van der Waals surface area contributed by atoms with Gasteiger partial charge in [-0.3, -0.25) is 0 Å². The van der Waals surface area contributed by atoms with Crippen LogP contribution in [0, 0.1) is 0 Å². The Balaban J connectivity index is 1.62. The number of aliphatic imine (C=N–C) groups is 4. The number of likely N-dealkylation sites (tertiary alicyclic amines) is 2. The Bertz CT molecular complexity index is 808. The third kappa shape index (κ3) is 2.48. The highest BCUT2D eigenvalue weighted by molar-refractivity contribution is 6.48. The lowest BCUT2D eigenvalue weighted by atomic mass is 10.2.